The second-order valence-corrected chi connectivity index (χ2v) is 9.41. The Labute approximate surface area is 175 Å². The van der Waals surface area contributed by atoms with E-state index in [-0.39, 0.29) is 11.0 Å². The lowest BCUT2D eigenvalue weighted by Gasteiger charge is -2.19. The van der Waals surface area contributed by atoms with E-state index in [1.807, 2.05) is 36.4 Å². The van der Waals surface area contributed by atoms with Gasteiger partial charge in [-0.1, -0.05) is 32.9 Å². The minimum absolute atomic E-state index is 0.0748. The summed E-state index contributed by atoms with van der Waals surface area (Å²) in [6.45, 7) is 13.0. The van der Waals surface area contributed by atoms with Gasteiger partial charge >= 0.3 is 0 Å². The molecule has 1 aliphatic rings. The zero-order valence-corrected chi connectivity index (χ0v) is 18.3. The van der Waals surface area contributed by atoms with Crippen molar-refractivity contribution in [2.45, 2.75) is 52.5 Å². The first-order valence-electron chi connectivity index (χ1n) is 10.1. The zero-order valence-electron chi connectivity index (χ0n) is 18.3. The van der Waals surface area contributed by atoms with Crippen LogP contribution in [0.3, 0.4) is 0 Å². The van der Waals surface area contributed by atoms with E-state index in [9.17, 15) is 0 Å². The van der Waals surface area contributed by atoms with Crippen LogP contribution in [0.5, 0.6) is 0 Å². The number of aliphatic imine (C=N–C) groups is 2. The van der Waals surface area contributed by atoms with Crippen LogP contribution >= 0.6 is 0 Å². The predicted molar refractivity (Wildman–Crippen MR) is 127 cm³/mol. The lowest BCUT2D eigenvalue weighted by Crippen LogP contribution is -2.13. The predicted octanol–water partition coefficient (Wildman–Crippen LogP) is 7.17. The maximum absolute atomic E-state index is 4.70. The third kappa shape index (κ3) is 6.28. The smallest absolute Gasteiger partial charge is 0.0638 e. The Hall–Kier alpha value is -2.94. The van der Waals surface area contributed by atoms with E-state index in [0.717, 1.165) is 28.5 Å². The highest BCUT2D eigenvalue weighted by Crippen LogP contribution is 2.26. The fourth-order valence-electron chi connectivity index (χ4n) is 2.98. The molecule has 0 fully saturated rings. The molecule has 29 heavy (non-hydrogen) atoms. The summed E-state index contributed by atoms with van der Waals surface area (Å²) in [7, 11) is 0. The summed E-state index contributed by atoms with van der Waals surface area (Å²) in [6.07, 6.45) is 8.05. The number of hydrogen-bond donors (Lipinski definition) is 1. The van der Waals surface area contributed by atoms with Gasteiger partial charge in [-0.3, -0.25) is 4.99 Å². The topological polar surface area (TPSA) is 36.8 Å². The number of allylic oxidation sites excluding steroid dienone is 4. The van der Waals surface area contributed by atoms with Crippen LogP contribution in [-0.4, -0.2) is 17.0 Å². The van der Waals surface area contributed by atoms with Gasteiger partial charge in [0.2, 0.25) is 0 Å². The van der Waals surface area contributed by atoms with Crippen molar-refractivity contribution in [3.05, 3.63) is 78.4 Å². The van der Waals surface area contributed by atoms with Crippen molar-refractivity contribution in [3.8, 4) is 0 Å². The summed E-state index contributed by atoms with van der Waals surface area (Å²) < 4.78 is 0. The monoisotopic (exact) mass is 385 g/mol. The molecule has 0 amide bonds. The molecule has 0 spiro atoms. The van der Waals surface area contributed by atoms with Gasteiger partial charge in [-0.15, -0.1) is 0 Å². The Morgan fingerprint density at radius 3 is 1.59 bits per heavy atom. The molecule has 1 aliphatic carbocycles. The number of nitrogens with one attached hydrogen (secondary N) is 1. The van der Waals surface area contributed by atoms with Crippen molar-refractivity contribution in [1.82, 2.24) is 0 Å². The first-order chi connectivity index (χ1) is 13.6. The number of rotatable bonds is 3. The fourth-order valence-corrected chi connectivity index (χ4v) is 2.98. The van der Waals surface area contributed by atoms with Crippen molar-refractivity contribution in [3.63, 3.8) is 0 Å². The van der Waals surface area contributed by atoms with Crippen molar-refractivity contribution in [1.29, 1.82) is 0 Å². The lowest BCUT2D eigenvalue weighted by atomic mass is 9.87. The molecule has 0 aromatic heterocycles. The first kappa shape index (κ1) is 20.8. The molecule has 0 bridgehead atoms. The highest BCUT2D eigenvalue weighted by atomic mass is 14.9. The summed E-state index contributed by atoms with van der Waals surface area (Å²) in [5.74, 6) is 0. The van der Waals surface area contributed by atoms with Crippen molar-refractivity contribution < 1.29 is 0 Å². The lowest BCUT2D eigenvalue weighted by molar-refractivity contribution is 0.585. The van der Waals surface area contributed by atoms with E-state index in [1.165, 1.54) is 5.56 Å². The molecule has 2 aromatic rings. The van der Waals surface area contributed by atoms with Crippen LogP contribution in [0.2, 0.25) is 0 Å². The maximum atomic E-state index is 4.70. The van der Waals surface area contributed by atoms with E-state index in [2.05, 4.69) is 88.2 Å². The number of hydrogen-bond acceptors (Lipinski definition) is 3. The van der Waals surface area contributed by atoms with Crippen molar-refractivity contribution >= 4 is 28.5 Å². The molecule has 3 nitrogen and oxygen atoms in total. The summed E-state index contributed by atoms with van der Waals surface area (Å²) >= 11 is 0. The highest BCUT2D eigenvalue weighted by Gasteiger charge is 2.12. The zero-order chi connectivity index (χ0) is 21.1. The van der Waals surface area contributed by atoms with Gasteiger partial charge in [0, 0.05) is 11.4 Å². The molecular weight excluding hydrogens is 354 g/mol. The molecule has 0 unspecified atom stereocenters. The van der Waals surface area contributed by atoms with E-state index in [0.29, 0.717) is 0 Å². The molecule has 3 rings (SSSR count). The molecule has 0 saturated carbocycles. The normalized spacial score (nSPS) is 14.1. The average Bonchev–Trinajstić information content (AvgIpc) is 2.63. The summed E-state index contributed by atoms with van der Waals surface area (Å²) in [5, 5.41) is 3.45. The quantitative estimate of drug-likeness (QED) is 0.559. The second kappa shape index (κ2) is 8.20. The van der Waals surface area contributed by atoms with Gasteiger partial charge in [-0.05, 0) is 92.5 Å². The minimum atomic E-state index is -0.0748. The van der Waals surface area contributed by atoms with Gasteiger partial charge in [-0.25, -0.2) is 4.99 Å². The van der Waals surface area contributed by atoms with Gasteiger partial charge in [0.05, 0.1) is 22.6 Å². The van der Waals surface area contributed by atoms with Crippen LogP contribution in [0, 0.1) is 0 Å². The van der Waals surface area contributed by atoms with E-state index >= 15 is 0 Å². The number of benzene rings is 2. The first-order valence-corrected chi connectivity index (χ1v) is 10.1. The van der Waals surface area contributed by atoms with Crippen LogP contribution in [0.1, 0.15) is 47.1 Å². The van der Waals surface area contributed by atoms with E-state index < -0.39 is 0 Å². The van der Waals surface area contributed by atoms with Crippen LogP contribution in [0.4, 0.5) is 17.1 Å². The molecule has 2 aromatic carbocycles. The Balaban J connectivity index is 1.65. The Kier molecular flexibility index (Phi) is 5.88. The number of anilines is 2. The average molecular weight is 386 g/mol. The van der Waals surface area contributed by atoms with Gasteiger partial charge in [-0.2, -0.15) is 0 Å². The maximum Gasteiger partial charge on any atom is 0.0638 e. The second-order valence-electron chi connectivity index (χ2n) is 9.41. The Morgan fingerprint density at radius 1 is 0.621 bits per heavy atom. The summed E-state index contributed by atoms with van der Waals surface area (Å²) in [6, 6.07) is 16.8. The molecule has 0 atom stereocenters. The molecule has 3 heteroatoms. The third-order valence-electron chi connectivity index (χ3n) is 4.48. The minimum Gasteiger partial charge on any atom is -0.356 e. The fraction of sp³-hybridized carbons (Fsp3) is 0.308. The van der Waals surface area contributed by atoms with Crippen LogP contribution in [0.15, 0.2) is 82.8 Å². The number of nitrogens with zero attached hydrogens (tertiary/aromatic N) is 2. The molecular formula is C26H31N3. The van der Waals surface area contributed by atoms with Gasteiger partial charge in [0.1, 0.15) is 0 Å². The van der Waals surface area contributed by atoms with Crippen molar-refractivity contribution in [2.24, 2.45) is 9.98 Å². The molecule has 0 saturated heterocycles. The van der Waals surface area contributed by atoms with Crippen LogP contribution in [0.25, 0.3) is 0 Å². The van der Waals surface area contributed by atoms with Crippen LogP contribution < -0.4 is 5.32 Å². The Morgan fingerprint density at radius 2 is 1.10 bits per heavy atom. The molecule has 0 heterocycles. The highest BCUT2D eigenvalue weighted by molar-refractivity contribution is 6.19. The molecule has 0 radical (unpaired) electrons. The molecule has 0 aliphatic heterocycles. The third-order valence-corrected chi connectivity index (χ3v) is 4.48. The SMILES string of the molecule is CC(C)(C)N=C1C=CC(=Nc2ccc(Nc3ccc(C(C)(C)C)cc3)cc2)C=C1. The van der Waals surface area contributed by atoms with E-state index in [4.69, 9.17) is 4.99 Å². The largest absolute Gasteiger partial charge is 0.356 e. The van der Waals surface area contributed by atoms with Crippen LogP contribution in [-0.2, 0) is 5.41 Å². The van der Waals surface area contributed by atoms with Crippen molar-refractivity contribution in [2.75, 3.05) is 5.32 Å². The van der Waals surface area contributed by atoms with Gasteiger partial charge < -0.3 is 5.32 Å². The van der Waals surface area contributed by atoms with Gasteiger partial charge in [0.25, 0.3) is 0 Å². The molecule has 1 N–H and O–H groups in total. The van der Waals surface area contributed by atoms with E-state index in [1.54, 1.807) is 0 Å². The summed E-state index contributed by atoms with van der Waals surface area (Å²) in [5.41, 5.74) is 6.39. The summed E-state index contributed by atoms with van der Waals surface area (Å²) in [4.78, 5) is 9.36. The standard InChI is InChI=1S/C26H31N3/c1-25(2,3)19-7-9-20(10-8-19)27-21-11-13-22(14-12-21)28-23-15-17-24(18-16-23)29-26(4,5)6/h7-18,27H,1-6H3. The molecule has 150 valence electrons. The Bertz CT molecular complexity index is 941. The van der Waals surface area contributed by atoms with Gasteiger partial charge in [0.15, 0.2) is 0 Å².